The van der Waals surface area contributed by atoms with Crippen molar-refractivity contribution in [1.82, 2.24) is 10.4 Å². The molecule has 0 saturated heterocycles. The molecule has 0 heterocycles. The predicted molar refractivity (Wildman–Crippen MR) is 38.4 cm³/mol. The summed E-state index contributed by atoms with van der Waals surface area (Å²) in [5, 5.41) is 1.53. The first-order chi connectivity index (χ1) is 4.52. The quantitative estimate of drug-likeness (QED) is 0.580. The summed E-state index contributed by atoms with van der Waals surface area (Å²) in [6.45, 7) is 3.60. The van der Waals surface area contributed by atoms with E-state index in [0.29, 0.717) is 0 Å². The van der Waals surface area contributed by atoms with Crippen molar-refractivity contribution >= 4 is 6.09 Å². The summed E-state index contributed by atoms with van der Waals surface area (Å²) in [4.78, 5) is 10.7. The van der Waals surface area contributed by atoms with Gasteiger partial charge < -0.3 is 4.74 Å². The molecule has 0 rings (SSSR count). The van der Waals surface area contributed by atoms with Crippen molar-refractivity contribution in [3.63, 3.8) is 0 Å². The standard InChI is InChI=1S/C6H14N2O2/c1-5(2)10-6(9)7-8(3)4/h5H,1-4H3,(H,7,9). The molecule has 0 aliphatic heterocycles. The zero-order valence-electron chi connectivity index (χ0n) is 6.84. The summed E-state index contributed by atoms with van der Waals surface area (Å²) >= 11 is 0. The summed E-state index contributed by atoms with van der Waals surface area (Å²) in [6, 6.07) is 0. The fourth-order valence-electron chi connectivity index (χ4n) is 0.423. The van der Waals surface area contributed by atoms with Crippen LogP contribution in [0.4, 0.5) is 4.79 Å². The normalized spacial score (nSPS) is 10.2. The van der Waals surface area contributed by atoms with Gasteiger partial charge in [-0.25, -0.2) is 9.80 Å². The van der Waals surface area contributed by atoms with Crippen LogP contribution < -0.4 is 5.43 Å². The van der Waals surface area contributed by atoms with Gasteiger partial charge in [-0.15, -0.1) is 0 Å². The summed E-state index contributed by atoms with van der Waals surface area (Å²) in [5.41, 5.74) is 2.45. The Kier molecular flexibility index (Phi) is 3.79. The van der Waals surface area contributed by atoms with Crippen LogP contribution in [0.25, 0.3) is 0 Å². The van der Waals surface area contributed by atoms with Gasteiger partial charge in [-0.2, -0.15) is 0 Å². The minimum Gasteiger partial charge on any atom is -0.446 e. The number of rotatable bonds is 2. The zero-order valence-corrected chi connectivity index (χ0v) is 6.84. The molecule has 0 aliphatic carbocycles. The first kappa shape index (κ1) is 9.23. The molecule has 1 amide bonds. The largest absolute Gasteiger partial charge is 0.446 e. The smallest absolute Gasteiger partial charge is 0.422 e. The fourth-order valence-corrected chi connectivity index (χ4v) is 0.423. The van der Waals surface area contributed by atoms with E-state index in [1.807, 2.05) is 0 Å². The van der Waals surface area contributed by atoms with E-state index in [9.17, 15) is 4.79 Å². The average Bonchev–Trinajstić information content (AvgIpc) is 1.58. The molecule has 60 valence electrons. The number of hydrogen-bond donors (Lipinski definition) is 1. The maximum Gasteiger partial charge on any atom is 0.422 e. The van der Waals surface area contributed by atoms with Gasteiger partial charge >= 0.3 is 6.09 Å². The highest BCUT2D eigenvalue weighted by molar-refractivity contribution is 5.66. The van der Waals surface area contributed by atoms with Crippen molar-refractivity contribution in [3.8, 4) is 0 Å². The highest BCUT2D eigenvalue weighted by Crippen LogP contribution is 1.87. The first-order valence-corrected chi connectivity index (χ1v) is 3.17. The summed E-state index contributed by atoms with van der Waals surface area (Å²) in [5.74, 6) is 0. The zero-order chi connectivity index (χ0) is 8.15. The van der Waals surface area contributed by atoms with Gasteiger partial charge in [0.25, 0.3) is 0 Å². The Morgan fingerprint density at radius 3 is 2.30 bits per heavy atom. The van der Waals surface area contributed by atoms with Crippen LogP contribution >= 0.6 is 0 Å². The fraction of sp³-hybridized carbons (Fsp3) is 0.833. The third-order valence-corrected chi connectivity index (χ3v) is 0.658. The molecule has 0 spiro atoms. The van der Waals surface area contributed by atoms with E-state index in [2.05, 4.69) is 5.43 Å². The lowest BCUT2D eigenvalue weighted by Crippen LogP contribution is -2.37. The molecule has 10 heavy (non-hydrogen) atoms. The van der Waals surface area contributed by atoms with E-state index < -0.39 is 6.09 Å². The molecule has 0 aromatic rings. The first-order valence-electron chi connectivity index (χ1n) is 3.17. The second-order valence-electron chi connectivity index (χ2n) is 2.46. The third kappa shape index (κ3) is 5.37. The lowest BCUT2D eigenvalue weighted by molar-refractivity contribution is 0.0955. The molecule has 0 saturated carbocycles. The number of nitrogens with zero attached hydrogens (tertiary/aromatic N) is 1. The lowest BCUT2D eigenvalue weighted by atomic mass is 10.5. The van der Waals surface area contributed by atoms with Crippen molar-refractivity contribution in [2.75, 3.05) is 14.1 Å². The molecule has 0 fully saturated rings. The molecule has 1 N–H and O–H groups in total. The SMILES string of the molecule is CC(C)OC(=O)NN(C)C. The minimum absolute atomic E-state index is 0.0695. The minimum atomic E-state index is -0.417. The molecule has 0 aliphatic rings. The van der Waals surface area contributed by atoms with Crippen LogP contribution in [-0.2, 0) is 4.74 Å². The molecule has 0 aromatic heterocycles. The van der Waals surface area contributed by atoms with Gasteiger partial charge in [0.15, 0.2) is 0 Å². The van der Waals surface area contributed by atoms with Crippen molar-refractivity contribution < 1.29 is 9.53 Å². The Hall–Kier alpha value is -0.770. The van der Waals surface area contributed by atoms with E-state index in [-0.39, 0.29) is 6.10 Å². The molecule has 0 unspecified atom stereocenters. The van der Waals surface area contributed by atoms with E-state index in [0.717, 1.165) is 0 Å². The number of hydrogen-bond acceptors (Lipinski definition) is 3. The second kappa shape index (κ2) is 4.11. The van der Waals surface area contributed by atoms with Crippen LogP contribution in [0.3, 0.4) is 0 Å². The Morgan fingerprint density at radius 2 is 2.00 bits per heavy atom. The van der Waals surface area contributed by atoms with Crippen LogP contribution in [0.15, 0.2) is 0 Å². The van der Waals surface area contributed by atoms with Gasteiger partial charge in [0.1, 0.15) is 0 Å². The average molecular weight is 146 g/mol. The number of nitrogens with one attached hydrogen (secondary N) is 1. The highest BCUT2D eigenvalue weighted by atomic mass is 16.6. The van der Waals surface area contributed by atoms with Crippen molar-refractivity contribution in [2.45, 2.75) is 20.0 Å². The van der Waals surface area contributed by atoms with Gasteiger partial charge in [-0.1, -0.05) is 0 Å². The summed E-state index contributed by atoms with van der Waals surface area (Å²) in [7, 11) is 3.45. The Morgan fingerprint density at radius 1 is 1.50 bits per heavy atom. The van der Waals surface area contributed by atoms with Gasteiger partial charge in [0.2, 0.25) is 0 Å². The van der Waals surface area contributed by atoms with Crippen LogP contribution in [-0.4, -0.2) is 31.3 Å². The number of ether oxygens (including phenoxy) is 1. The number of amides is 1. The van der Waals surface area contributed by atoms with E-state index in [1.165, 1.54) is 5.01 Å². The van der Waals surface area contributed by atoms with Gasteiger partial charge in [0.05, 0.1) is 6.10 Å². The van der Waals surface area contributed by atoms with E-state index in [4.69, 9.17) is 4.74 Å². The van der Waals surface area contributed by atoms with Gasteiger partial charge in [-0.3, -0.25) is 5.43 Å². The third-order valence-electron chi connectivity index (χ3n) is 0.658. The molecule has 4 heteroatoms. The van der Waals surface area contributed by atoms with Crippen LogP contribution in [0.5, 0.6) is 0 Å². The molecule has 0 radical (unpaired) electrons. The maximum atomic E-state index is 10.7. The van der Waals surface area contributed by atoms with Crippen molar-refractivity contribution in [1.29, 1.82) is 0 Å². The monoisotopic (exact) mass is 146 g/mol. The molecular weight excluding hydrogens is 132 g/mol. The Bertz CT molecular complexity index is 100. The predicted octanol–water partition coefficient (Wildman–Crippen LogP) is 0.598. The number of carbonyl (C=O) groups is 1. The number of hydrazine groups is 1. The Balaban J connectivity index is 3.44. The highest BCUT2D eigenvalue weighted by Gasteiger charge is 2.03. The summed E-state index contributed by atoms with van der Waals surface area (Å²) < 4.78 is 4.77. The van der Waals surface area contributed by atoms with Gasteiger partial charge in [0, 0.05) is 14.1 Å². The maximum absolute atomic E-state index is 10.7. The van der Waals surface area contributed by atoms with Crippen molar-refractivity contribution in [2.24, 2.45) is 0 Å². The van der Waals surface area contributed by atoms with Gasteiger partial charge in [-0.05, 0) is 13.8 Å². The number of carbonyl (C=O) groups excluding carboxylic acids is 1. The van der Waals surface area contributed by atoms with Crippen LogP contribution in [0.1, 0.15) is 13.8 Å². The second-order valence-corrected chi connectivity index (χ2v) is 2.46. The van der Waals surface area contributed by atoms with E-state index >= 15 is 0 Å². The molecular formula is C6H14N2O2. The topological polar surface area (TPSA) is 41.6 Å². The van der Waals surface area contributed by atoms with Crippen LogP contribution in [0.2, 0.25) is 0 Å². The van der Waals surface area contributed by atoms with Crippen LogP contribution in [0, 0.1) is 0 Å². The summed E-state index contributed by atoms with van der Waals surface area (Å²) in [6.07, 6.45) is -0.486. The lowest BCUT2D eigenvalue weighted by Gasteiger charge is -2.13. The molecule has 0 atom stereocenters. The van der Waals surface area contributed by atoms with E-state index in [1.54, 1.807) is 27.9 Å². The molecule has 0 aromatic carbocycles. The molecule has 4 nitrogen and oxygen atoms in total. The van der Waals surface area contributed by atoms with Crippen molar-refractivity contribution in [3.05, 3.63) is 0 Å². The molecule has 0 bridgehead atoms. The Labute approximate surface area is 61.1 Å².